The second kappa shape index (κ2) is 1.94. The van der Waals surface area contributed by atoms with Crippen molar-refractivity contribution in [2.24, 2.45) is 0 Å². The molecule has 2 nitrogen and oxygen atoms in total. The van der Waals surface area contributed by atoms with Gasteiger partial charge in [0.25, 0.3) is 0 Å². The molecule has 0 saturated carbocycles. The smallest absolute Gasteiger partial charge is 0.307 e. The van der Waals surface area contributed by atoms with E-state index in [2.05, 4.69) is 0 Å². The predicted octanol–water partition coefficient (Wildman–Crippen LogP) is 0.929. The van der Waals surface area contributed by atoms with Crippen LogP contribution in [-0.2, 0) is 9.53 Å². The highest BCUT2D eigenvalue weighted by atomic mass is 35.5. The molecular weight excluding hydrogens is 128 g/mol. The van der Waals surface area contributed by atoms with E-state index in [0.717, 1.165) is 0 Å². The number of ether oxygens (including phenoxy) is 1. The first-order valence-electron chi connectivity index (χ1n) is 2.53. The van der Waals surface area contributed by atoms with Gasteiger partial charge in [0.1, 0.15) is 6.10 Å². The Balaban J connectivity index is 2.51. The Bertz CT molecular complexity index is 101. The molecule has 3 heteroatoms. The maximum Gasteiger partial charge on any atom is 0.307 e. The fraction of sp³-hybridized carbons (Fsp3) is 0.800. The van der Waals surface area contributed by atoms with E-state index >= 15 is 0 Å². The lowest BCUT2D eigenvalue weighted by atomic mass is 10.2. The first-order valence-corrected chi connectivity index (χ1v) is 2.97. The number of cyclic esters (lactones) is 1. The predicted molar refractivity (Wildman–Crippen MR) is 29.8 cm³/mol. The van der Waals surface area contributed by atoms with Crippen LogP contribution in [0.15, 0.2) is 0 Å². The lowest BCUT2D eigenvalue weighted by Crippen LogP contribution is -2.09. The van der Waals surface area contributed by atoms with Gasteiger partial charge in [-0.1, -0.05) is 0 Å². The van der Waals surface area contributed by atoms with Gasteiger partial charge in [-0.25, -0.2) is 0 Å². The van der Waals surface area contributed by atoms with Crippen LogP contribution in [0.4, 0.5) is 0 Å². The number of hydrogen-bond donors (Lipinski definition) is 0. The molecule has 2 atom stereocenters. The van der Waals surface area contributed by atoms with Crippen molar-refractivity contribution in [3.05, 3.63) is 0 Å². The number of rotatable bonds is 0. The van der Waals surface area contributed by atoms with Gasteiger partial charge in [-0.2, -0.15) is 0 Å². The van der Waals surface area contributed by atoms with Crippen molar-refractivity contribution >= 4 is 17.6 Å². The first-order chi connectivity index (χ1) is 3.70. The molecule has 1 heterocycles. The fourth-order valence-electron chi connectivity index (χ4n) is 0.654. The van der Waals surface area contributed by atoms with Gasteiger partial charge in [0, 0.05) is 0 Å². The standard InChI is InChI=1S/C5H7ClO2/c1-3-4(6)2-5(7)8-3/h3-4H,2H2,1H3/t3-,4-/m1/s1. The number of carbonyl (C=O) groups excluding carboxylic acids is 1. The third-order valence-corrected chi connectivity index (χ3v) is 1.70. The summed E-state index contributed by atoms with van der Waals surface area (Å²) in [5, 5.41) is -0.109. The average molecular weight is 135 g/mol. The minimum Gasteiger partial charge on any atom is -0.461 e. The SMILES string of the molecule is C[C@H]1OC(=O)C[C@H]1Cl. The van der Waals surface area contributed by atoms with E-state index in [0.29, 0.717) is 6.42 Å². The molecule has 1 fully saturated rings. The lowest BCUT2D eigenvalue weighted by Gasteiger charge is -2.01. The van der Waals surface area contributed by atoms with Crippen molar-refractivity contribution in [2.45, 2.75) is 24.8 Å². The highest BCUT2D eigenvalue weighted by Crippen LogP contribution is 2.19. The van der Waals surface area contributed by atoms with Gasteiger partial charge in [0.05, 0.1) is 11.8 Å². The van der Waals surface area contributed by atoms with E-state index < -0.39 is 0 Å². The van der Waals surface area contributed by atoms with Gasteiger partial charge in [0.2, 0.25) is 0 Å². The Morgan fingerprint density at radius 2 is 2.50 bits per heavy atom. The van der Waals surface area contributed by atoms with E-state index in [1.165, 1.54) is 0 Å². The summed E-state index contributed by atoms with van der Waals surface area (Å²) in [6, 6.07) is 0. The van der Waals surface area contributed by atoms with Gasteiger partial charge in [-0.15, -0.1) is 11.6 Å². The molecule has 0 N–H and O–H groups in total. The maximum atomic E-state index is 10.4. The molecule has 46 valence electrons. The molecule has 0 aromatic heterocycles. The van der Waals surface area contributed by atoms with Gasteiger partial charge in [-0.3, -0.25) is 4.79 Å². The molecule has 0 aromatic rings. The van der Waals surface area contributed by atoms with Crippen molar-refractivity contribution in [3.8, 4) is 0 Å². The minimum atomic E-state index is -0.183. The zero-order valence-electron chi connectivity index (χ0n) is 4.56. The fourth-order valence-corrected chi connectivity index (χ4v) is 0.832. The molecule has 1 saturated heterocycles. The van der Waals surface area contributed by atoms with Crippen molar-refractivity contribution in [2.75, 3.05) is 0 Å². The number of esters is 1. The Kier molecular flexibility index (Phi) is 1.43. The quantitative estimate of drug-likeness (QED) is 0.364. The molecule has 8 heavy (non-hydrogen) atoms. The number of halogens is 1. The zero-order valence-corrected chi connectivity index (χ0v) is 5.31. The number of carbonyl (C=O) groups is 1. The minimum absolute atomic E-state index is 0.0934. The van der Waals surface area contributed by atoms with E-state index in [1.54, 1.807) is 6.92 Å². The van der Waals surface area contributed by atoms with Crippen molar-refractivity contribution in [1.29, 1.82) is 0 Å². The summed E-state index contributed by atoms with van der Waals surface area (Å²) < 4.78 is 4.70. The molecule has 1 aliphatic rings. The summed E-state index contributed by atoms with van der Waals surface area (Å²) in [5.41, 5.74) is 0. The van der Waals surface area contributed by atoms with Crippen LogP contribution in [0.3, 0.4) is 0 Å². The summed E-state index contributed by atoms with van der Waals surface area (Å²) in [6.45, 7) is 1.79. The maximum absolute atomic E-state index is 10.4. The molecule has 0 spiro atoms. The highest BCUT2D eigenvalue weighted by Gasteiger charge is 2.28. The van der Waals surface area contributed by atoms with E-state index in [9.17, 15) is 4.79 Å². The normalized spacial score (nSPS) is 37.5. The van der Waals surface area contributed by atoms with E-state index in [4.69, 9.17) is 16.3 Å². The van der Waals surface area contributed by atoms with Crippen LogP contribution in [0, 0.1) is 0 Å². The van der Waals surface area contributed by atoms with Gasteiger partial charge in [-0.05, 0) is 6.92 Å². The lowest BCUT2D eigenvalue weighted by molar-refractivity contribution is -0.140. The summed E-state index contributed by atoms with van der Waals surface area (Å²) in [7, 11) is 0. The summed E-state index contributed by atoms with van der Waals surface area (Å²) in [5.74, 6) is -0.183. The van der Waals surface area contributed by atoms with Crippen LogP contribution < -0.4 is 0 Å². The Hall–Kier alpha value is -0.240. The van der Waals surface area contributed by atoms with Crippen LogP contribution in [0.1, 0.15) is 13.3 Å². The van der Waals surface area contributed by atoms with Gasteiger partial charge < -0.3 is 4.74 Å². The Morgan fingerprint density at radius 3 is 2.62 bits per heavy atom. The highest BCUT2D eigenvalue weighted by molar-refractivity contribution is 6.22. The average Bonchev–Trinajstić information content (AvgIpc) is 1.85. The third kappa shape index (κ3) is 0.944. The zero-order chi connectivity index (χ0) is 6.15. The molecule has 0 amide bonds. The summed E-state index contributed by atoms with van der Waals surface area (Å²) >= 11 is 5.61. The van der Waals surface area contributed by atoms with Crippen LogP contribution in [0.2, 0.25) is 0 Å². The molecule has 0 aliphatic carbocycles. The Labute approximate surface area is 52.8 Å². The second-order valence-electron chi connectivity index (χ2n) is 1.92. The second-order valence-corrected chi connectivity index (χ2v) is 2.48. The first kappa shape index (κ1) is 5.89. The molecular formula is C5H7ClO2. The monoisotopic (exact) mass is 134 g/mol. The molecule has 0 unspecified atom stereocenters. The van der Waals surface area contributed by atoms with Crippen molar-refractivity contribution < 1.29 is 9.53 Å². The van der Waals surface area contributed by atoms with E-state index in [-0.39, 0.29) is 17.5 Å². The summed E-state index contributed by atoms with van der Waals surface area (Å²) in [4.78, 5) is 10.4. The van der Waals surface area contributed by atoms with Crippen molar-refractivity contribution in [1.82, 2.24) is 0 Å². The molecule has 0 aromatic carbocycles. The largest absolute Gasteiger partial charge is 0.461 e. The topological polar surface area (TPSA) is 26.3 Å². The van der Waals surface area contributed by atoms with Crippen LogP contribution in [0.25, 0.3) is 0 Å². The molecule has 1 aliphatic heterocycles. The molecule has 0 radical (unpaired) electrons. The summed E-state index contributed by atoms with van der Waals surface area (Å²) in [6.07, 6.45) is 0.270. The molecule has 0 bridgehead atoms. The van der Waals surface area contributed by atoms with Crippen LogP contribution in [-0.4, -0.2) is 17.5 Å². The third-order valence-electron chi connectivity index (χ3n) is 1.19. The van der Waals surface area contributed by atoms with Crippen LogP contribution >= 0.6 is 11.6 Å². The van der Waals surface area contributed by atoms with Gasteiger partial charge in [0.15, 0.2) is 0 Å². The molecule has 1 rings (SSSR count). The van der Waals surface area contributed by atoms with Gasteiger partial charge >= 0.3 is 5.97 Å². The van der Waals surface area contributed by atoms with Crippen molar-refractivity contribution in [3.63, 3.8) is 0 Å². The van der Waals surface area contributed by atoms with Crippen LogP contribution in [0.5, 0.6) is 0 Å². The number of alkyl halides is 1. The van der Waals surface area contributed by atoms with E-state index in [1.807, 2.05) is 0 Å². The Morgan fingerprint density at radius 1 is 1.88 bits per heavy atom. The number of hydrogen-bond acceptors (Lipinski definition) is 2.